The minimum absolute atomic E-state index is 0.0269. The molecule has 1 fully saturated rings. The largest absolute Gasteiger partial charge is 0.341 e. The van der Waals surface area contributed by atoms with Gasteiger partial charge in [0.2, 0.25) is 15.9 Å². The Morgan fingerprint density at radius 2 is 1.63 bits per heavy atom. The first-order chi connectivity index (χ1) is 17.0. The van der Waals surface area contributed by atoms with Crippen molar-refractivity contribution in [1.82, 2.24) is 18.4 Å². The van der Waals surface area contributed by atoms with E-state index in [4.69, 9.17) is 0 Å². The molecule has 0 aliphatic carbocycles. The molecule has 5 rings (SSSR count). The summed E-state index contributed by atoms with van der Waals surface area (Å²) >= 11 is 0.961. The molecule has 1 aliphatic rings. The normalized spacial score (nSPS) is 15.8. The molecule has 1 N–H and O–H groups in total. The molecule has 0 radical (unpaired) electrons. The van der Waals surface area contributed by atoms with Crippen LogP contribution in [0.1, 0.15) is 30.0 Å². The summed E-state index contributed by atoms with van der Waals surface area (Å²) in [5.74, 6) is 0.268. The highest BCUT2D eigenvalue weighted by atomic mass is 32.2. The van der Waals surface area contributed by atoms with Gasteiger partial charge >= 0.3 is 0 Å². The fourth-order valence-electron chi connectivity index (χ4n) is 4.61. The van der Waals surface area contributed by atoms with Gasteiger partial charge < -0.3 is 4.90 Å². The van der Waals surface area contributed by atoms with Gasteiger partial charge in [-0.25, -0.2) is 8.42 Å². The fourth-order valence-corrected chi connectivity index (χ4v) is 6.55. The van der Waals surface area contributed by atoms with E-state index >= 15 is 0 Å². The molecule has 0 unspecified atom stereocenters. The highest BCUT2D eigenvalue weighted by Gasteiger charge is 2.33. The van der Waals surface area contributed by atoms with E-state index in [1.54, 1.807) is 41.3 Å². The van der Waals surface area contributed by atoms with Crippen molar-refractivity contribution in [2.45, 2.75) is 30.2 Å². The Hall–Kier alpha value is -3.14. The first-order valence-electron chi connectivity index (χ1n) is 11.6. The molecule has 0 spiro atoms. The molecule has 1 aromatic heterocycles. The minimum atomic E-state index is -4.03. The first-order valence-corrected chi connectivity index (χ1v) is 13.8. The molecule has 1 aliphatic heterocycles. The van der Waals surface area contributed by atoms with Crippen LogP contribution < -0.4 is 4.72 Å². The molecule has 1 atom stereocenters. The monoisotopic (exact) mass is 506 g/mol. The number of hydrogen-bond donors (Lipinski definition) is 1. The van der Waals surface area contributed by atoms with Crippen LogP contribution in [0.5, 0.6) is 0 Å². The van der Waals surface area contributed by atoms with Gasteiger partial charge in [0.25, 0.3) is 0 Å². The maximum absolute atomic E-state index is 13.7. The van der Waals surface area contributed by atoms with Crippen LogP contribution in [0, 0.1) is 5.92 Å². The predicted octanol–water partition coefficient (Wildman–Crippen LogP) is 4.19. The van der Waals surface area contributed by atoms with E-state index in [1.807, 2.05) is 24.3 Å². The molecule has 0 saturated carbocycles. The number of carbonyl (C=O) groups excluding carboxylic acids is 1. The molecular weight excluding hydrogens is 480 g/mol. The molecule has 180 valence electrons. The van der Waals surface area contributed by atoms with Crippen molar-refractivity contribution in [2.24, 2.45) is 5.92 Å². The topological polar surface area (TPSA) is 92.3 Å². The van der Waals surface area contributed by atoms with Crippen LogP contribution >= 0.6 is 11.7 Å². The third-order valence-corrected chi connectivity index (χ3v) is 8.48. The number of rotatable bonds is 7. The molecule has 35 heavy (non-hydrogen) atoms. The van der Waals surface area contributed by atoms with E-state index in [9.17, 15) is 13.2 Å². The SMILES string of the molecule is O=C([C@@H](NS(=O)(=O)c1cccc2nsnc12)c1ccccc1)N1CCC(Cc2ccccc2)CC1. The highest BCUT2D eigenvalue weighted by molar-refractivity contribution is 7.89. The Kier molecular flexibility index (Phi) is 6.90. The third kappa shape index (κ3) is 5.27. The summed E-state index contributed by atoms with van der Waals surface area (Å²) in [5.41, 5.74) is 2.74. The average Bonchev–Trinajstić information content (AvgIpc) is 3.38. The molecule has 0 bridgehead atoms. The Labute approximate surface area is 209 Å². The van der Waals surface area contributed by atoms with Crippen LogP contribution in [-0.2, 0) is 21.2 Å². The summed E-state index contributed by atoms with van der Waals surface area (Å²) in [6, 6.07) is 23.2. The van der Waals surface area contributed by atoms with E-state index in [-0.39, 0.29) is 10.8 Å². The zero-order valence-corrected chi connectivity index (χ0v) is 20.7. The minimum Gasteiger partial charge on any atom is -0.341 e. The average molecular weight is 507 g/mol. The fraction of sp³-hybridized carbons (Fsp3) is 0.269. The van der Waals surface area contributed by atoms with Crippen molar-refractivity contribution in [2.75, 3.05) is 13.1 Å². The van der Waals surface area contributed by atoms with Gasteiger partial charge in [-0.05, 0) is 48.4 Å². The summed E-state index contributed by atoms with van der Waals surface area (Å²) in [6.07, 6.45) is 2.76. The lowest BCUT2D eigenvalue weighted by Crippen LogP contribution is -2.46. The summed E-state index contributed by atoms with van der Waals surface area (Å²) < 4.78 is 37.8. The predicted molar refractivity (Wildman–Crippen MR) is 136 cm³/mol. The molecule has 9 heteroatoms. The van der Waals surface area contributed by atoms with Gasteiger partial charge in [0.05, 0.1) is 11.7 Å². The van der Waals surface area contributed by atoms with Crippen LogP contribution in [0.3, 0.4) is 0 Å². The number of aromatic nitrogens is 2. The van der Waals surface area contributed by atoms with Gasteiger partial charge in [0, 0.05) is 13.1 Å². The zero-order chi connectivity index (χ0) is 24.3. The number of nitrogens with zero attached hydrogens (tertiary/aromatic N) is 3. The number of likely N-dealkylation sites (tertiary alicyclic amines) is 1. The Morgan fingerprint density at radius 1 is 0.943 bits per heavy atom. The second kappa shape index (κ2) is 10.2. The van der Waals surface area contributed by atoms with E-state index < -0.39 is 16.1 Å². The van der Waals surface area contributed by atoms with Gasteiger partial charge in [0.1, 0.15) is 22.0 Å². The number of carbonyl (C=O) groups is 1. The number of amides is 1. The first kappa shape index (κ1) is 23.6. The second-order valence-corrected chi connectivity index (χ2v) is 11.0. The maximum atomic E-state index is 13.7. The van der Waals surface area contributed by atoms with Gasteiger partial charge in [-0.2, -0.15) is 13.5 Å². The zero-order valence-electron chi connectivity index (χ0n) is 19.1. The number of nitrogens with one attached hydrogen (secondary N) is 1. The van der Waals surface area contributed by atoms with E-state index in [2.05, 4.69) is 25.6 Å². The molecule has 1 saturated heterocycles. The van der Waals surface area contributed by atoms with Crippen LogP contribution in [0.15, 0.2) is 83.8 Å². The van der Waals surface area contributed by atoms with Crippen LogP contribution in [0.4, 0.5) is 0 Å². The number of fused-ring (bicyclic) bond motifs is 1. The van der Waals surface area contributed by atoms with Crippen LogP contribution in [0.25, 0.3) is 11.0 Å². The van der Waals surface area contributed by atoms with Crippen molar-refractivity contribution >= 4 is 38.7 Å². The molecule has 7 nitrogen and oxygen atoms in total. The Bertz CT molecular complexity index is 1400. The summed E-state index contributed by atoms with van der Waals surface area (Å²) in [4.78, 5) is 15.5. The van der Waals surface area contributed by atoms with Crippen LogP contribution in [-0.4, -0.2) is 41.1 Å². The van der Waals surface area contributed by atoms with E-state index in [1.165, 1.54) is 11.6 Å². The summed E-state index contributed by atoms with van der Waals surface area (Å²) in [7, 11) is -4.03. The molecule has 2 heterocycles. The third-order valence-electron chi connectivity index (χ3n) is 6.48. The van der Waals surface area contributed by atoms with Crippen molar-refractivity contribution in [3.05, 3.63) is 90.0 Å². The van der Waals surface area contributed by atoms with Gasteiger partial charge in [-0.3, -0.25) is 4.79 Å². The molecular formula is C26H26N4O3S2. The van der Waals surface area contributed by atoms with Gasteiger partial charge in [-0.1, -0.05) is 66.7 Å². The lowest BCUT2D eigenvalue weighted by molar-refractivity contribution is -0.134. The van der Waals surface area contributed by atoms with Crippen molar-refractivity contribution in [3.8, 4) is 0 Å². The van der Waals surface area contributed by atoms with Gasteiger partial charge in [0.15, 0.2) is 0 Å². The molecule has 3 aromatic carbocycles. The Morgan fingerprint density at radius 3 is 2.34 bits per heavy atom. The van der Waals surface area contributed by atoms with E-state index in [0.29, 0.717) is 35.6 Å². The number of piperidine rings is 1. The number of benzene rings is 3. The molecule has 1 amide bonds. The summed E-state index contributed by atoms with van der Waals surface area (Å²) in [6.45, 7) is 1.21. The quantitative estimate of drug-likeness (QED) is 0.406. The van der Waals surface area contributed by atoms with Crippen LogP contribution in [0.2, 0.25) is 0 Å². The molecule has 4 aromatic rings. The number of hydrogen-bond acceptors (Lipinski definition) is 6. The van der Waals surface area contributed by atoms with Crippen molar-refractivity contribution in [3.63, 3.8) is 0 Å². The van der Waals surface area contributed by atoms with Gasteiger partial charge in [-0.15, -0.1) is 0 Å². The van der Waals surface area contributed by atoms with Crippen molar-refractivity contribution < 1.29 is 13.2 Å². The summed E-state index contributed by atoms with van der Waals surface area (Å²) in [5, 5.41) is 0. The lowest BCUT2D eigenvalue weighted by Gasteiger charge is -2.34. The standard InChI is InChI=1S/C26H26N4O3S2/c31-26(30-16-14-20(15-17-30)18-19-8-3-1-4-9-19)24(21-10-5-2-6-11-21)29-35(32,33)23-13-7-12-22-25(23)28-34-27-22/h1-13,20,24,29H,14-18H2/t24-/m0/s1. The lowest BCUT2D eigenvalue weighted by atomic mass is 9.90. The number of sulfonamides is 1. The highest BCUT2D eigenvalue weighted by Crippen LogP contribution is 2.27. The second-order valence-electron chi connectivity index (χ2n) is 8.81. The smallest absolute Gasteiger partial charge is 0.245 e. The van der Waals surface area contributed by atoms with Crippen molar-refractivity contribution in [1.29, 1.82) is 0 Å². The van der Waals surface area contributed by atoms with E-state index in [0.717, 1.165) is 31.0 Å². The maximum Gasteiger partial charge on any atom is 0.245 e. The Balaban J connectivity index is 1.35.